The van der Waals surface area contributed by atoms with Crippen LogP contribution in [-0.4, -0.2) is 48.0 Å². The Labute approximate surface area is 144 Å². The summed E-state index contributed by atoms with van der Waals surface area (Å²) in [4.78, 5) is 29.9. The lowest BCUT2D eigenvalue weighted by Gasteiger charge is -2.26. The van der Waals surface area contributed by atoms with Gasteiger partial charge in [-0.1, -0.05) is 6.92 Å². The van der Waals surface area contributed by atoms with E-state index in [1.807, 2.05) is 41.5 Å². The maximum Gasteiger partial charge on any atom is 0.408 e. The molecule has 1 rings (SSSR count). The van der Waals surface area contributed by atoms with Gasteiger partial charge in [0.2, 0.25) is 6.10 Å². The van der Waals surface area contributed by atoms with Crippen LogP contribution in [-0.2, 0) is 19.1 Å². The van der Waals surface area contributed by atoms with Gasteiger partial charge in [-0.15, -0.1) is 0 Å². The highest BCUT2D eigenvalue weighted by Crippen LogP contribution is 2.31. The van der Waals surface area contributed by atoms with Gasteiger partial charge < -0.3 is 14.8 Å². The molecule has 7 nitrogen and oxygen atoms in total. The average Bonchev–Trinajstić information content (AvgIpc) is 2.83. The van der Waals surface area contributed by atoms with Gasteiger partial charge in [0.25, 0.3) is 0 Å². The number of ether oxygens (including phenoxy) is 2. The predicted octanol–water partition coefficient (Wildman–Crippen LogP) is 2.76. The molecule has 0 saturated carbocycles. The van der Waals surface area contributed by atoms with E-state index in [0.717, 1.165) is 11.3 Å². The summed E-state index contributed by atoms with van der Waals surface area (Å²) < 4.78 is 10.4. The van der Waals surface area contributed by atoms with Crippen molar-refractivity contribution in [3.8, 4) is 0 Å². The molecule has 2 atom stereocenters. The fourth-order valence-electron chi connectivity index (χ4n) is 2.60. The molecule has 0 fully saturated rings. The molecule has 0 aliphatic carbocycles. The number of hydrogen-bond acceptors (Lipinski definition) is 6. The third kappa shape index (κ3) is 5.12. The third-order valence-electron chi connectivity index (χ3n) is 3.46. The Kier molecular flexibility index (Phi) is 7.08. The number of carbonyl (C=O) groups is 2. The Balaban J connectivity index is 2.99. The van der Waals surface area contributed by atoms with Crippen molar-refractivity contribution in [2.45, 2.75) is 72.6 Å². The van der Waals surface area contributed by atoms with E-state index < -0.39 is 23.8 Å². The van der Waals surface area contributed by atoms with E-state index in [2.05, 4.69) is 5.32 Å². The van der Waals surface area contributed by atoms with Gasteiger partial charge in [0.05, 0.1) is 18.3 Å². The van der Waals surface area contributed by atoms with Crippen molar-refractivity contribution in [3.63, 3.8) is 0 Å². The molecule has 1 amide bonds. The largest absolute Gasteiger partial charge is 0.464 e. The molecule has 0 bridgehead atoms. The topological polar surface area (TPSA) is 77.1 Å². The number of carbonyl (C=O) groups excluding carboxylic acids is 2. The quantitative estimate of drug-likeness (QED) is 0.748. The maximum absolute atomic E-state index is 12.1. The molecule has 0 aromatic carbocycles. The normalized spacial score (nSPS) is 19.3. The Morgan fingerprint density at radius 2 is 1.92 bits per heavy atom. The summed E-state index contributed by atoms with van der Waals surface area (Å²) in [6.45, 7) is 13.7. The van der Waals surface area contributed by atoms with Crippen molar-refractivity contribution in [1.82, 2.24) is 10.4 Å². The minimum atomic E-state index is -0.757. The Morgan fingerprint density at radius 1 is 1.29 bits per heavy atom. The van der Waals surface area contributed by atoms with Crippen molar-refractivity contribution >= 4 is 12.1 Å². The molecular weight excluding hydrogens is 312 g/mol. The Hall–Kier alpha value is -1.76. The van der Waals surface area contributed by atoms with Gasteiger partial charge in [0.1, 0.15) is 5.60 Å². The monoisotopic (exact) mass is 342 g/mol. The van der Waals surface area contributed by atoms with Crippen LogP contribution in [0.4, 0.5) is 4.79 Å². The highest BCUT2D eigenvalue weighted by atomic mass is 16.7. The lowest BCUT2D eigenvalue weighted by molar-refractivity contribution is -0.180. The first kappa shape index (κ1) is 20.3. The summed E-state index contributed by atoms with van der Waals surface area (Å²) >= 11 is 0. The van der Waals surface area contributed by atoms with E-state index in [0.29, 0.717) is 19.6 Å². The molecule has 0 aromatic heterocycles. The van der Waals surface area contributed by atoms with Gasteiger partial charge in [-0.25, -0.2) is 9.59 Å². The second-order valence-electron chi connectivity index (χ2n) is 6.56. The van der Waals surface area contributed by atoms with E-state index >= 15 is 0 Å². The number of likely N-dealkylation sites (N-methyl/N-ethyl adjacent to an activating group) is 1. The number of nitrogens with one attached hydrogen (secondary N) is 1. The number of nitrogens with zero attached hydrogens (tertiary/aromatic N) is 1. The summed E-state index contributed by atoms with van der Waals surface area (Å²) in [5.41, 5.74) is 1.03. The minimum Gasteiger partial charge on any atom is -0.464 e. The van der Waals surface area contributed by atoms with Crippen LogP contribution in [0, 0.1) is 0 Å². The van der Waals surface area contributed by atoms with Crippen LogP contribution in [0.3, 0.4) is 0 Å². The van der Waals surface area contributed by atoms with Gasteiger partial charge in [-0.2, -0.15) is 0 Å². The fraction of sp³-hybridized carbons (Fsp3) is 0.765. The lowest BCUT2D eigenvalue weighted by Crippen LogP contribution is -2.41. The average molecular weight is 342 g/mol. The molecular formula is C17H30N2O5. The molecule has 1 N–H and O–H groups in total. The molecule has 0 spiro atoms. The molecule has 1 unspecified atom stereocenters. The maximum atomic E-state index is 12.1. The van der Waals surface area contributed by atoms with E-state index in [4.69, 9.17) is 14.3 Å². The van der Waals surface area contributed by atoms with Gasteiger partial charge >= 0.3 is 12.1 Å². The van der Waals surface area contributed by atoms with Crippen LogP contribution < -0.4 is 5.32 Å². The highest BCUT2D eigenvalue weighted by molar-refractivity contribution is 5.79. The number of amides is 1. The minimum absolute atomic E-state index is 0.295. The number of hydrogen-bond donors (Lipinski definition) is 1. The summed E-state index contributed by atoms with van der Waals surface area (Å²) in [5, 5.41) is 4.45. The molecule has 24 heavy (non-hydrogen) atoms. The second-order valence-corrected chi connectivity index (χ2v) is 6.56. The number of hydroxylamine groups is 2. The predicted molar refractivity (Wildman–Crippen MR) is 90.0 cm³/mol. The van der Waals surface area contributed by atoms with Crippen LogP contribution in [0.15, 0.2) is 11.3 Å². The van der Waals surface area contributed by atoms with Gasteiger partial charge in [0, 0.05) is 6.54 Å². The SMILES string of the molecule is CCOC(=O)[C@@H]1ON(CC)C(C(C)NC(=O)OC(C)(C)C)=C1CC. The van der Waals surface area contributed by atoms with Crippen LogP contribution in [0.25, 0.3) is 0 Å². The standard InChI is InChI=1S/C17H30N2O5/c1-8-12-13(11(4)18-16(21)23-17(5,6)7)19(9-2)24-14(12)15(20)22-10-3/h11,14H,8-10H2,1-7H3,(H,18,21)/t11?,14-/m1/s1. The summed E-state index contributed by atoms with van der Waals surface area (Å²) in [5.74, 6) is -0.410. The molecule has 0 saturated heterocycles. The Morgan fingerprint density at radius 3 is 2.38 bits per heavy atom. The van der Waals surface area contributed by atoms with E-state index in [9.17, 15) is 9.59 Å². The lowest BCUT2D eigenvalue weighted by atomic mass is 10.0. The van der Waals surface area contributed by atoms with Gasteiger partial charge in [-0.05, 0) is 53.5 Å². The van der Waals surface area contributed by atoms with Crippen LogP contribution >= 0.6 is 0 Å². The summed E-state index contributed by atoms with van der Waals surface area (Å²) in [6, 6.07) is -0.353. The third-order valence-corrected chi connectivity index (χ3v) is 3.46. The van der Waals surface area contributed by atoms with Crippen LogP contribution in [0.2, 0.25) is 0 Å². The molecule has 0 radical (unpaired) electrons. The van der Waals surface area contributed by atoms with E-state index in [1.54, 1.807) is 12.0 Å². The molecule has 7 heteroatoms. The van der Waals surface area contributed by atoms with Crippen LogP contribution in [0.1, 0.15) is 54.9 Å². The van der Waals surface area contributed by atoms with Crippen molar-refractivity contribution < 1.29 is 23.9 Å². The van der Waals surface area contributed by atoms with Gasteiger partial charge in [-0.3, -0.25) is 9.90 Å². The van der Waals surface area contributed by atoms with Crippen molar-refractivity contribution in [3.05, 3.63) is 11.3 Å². The van der Waals surface area contributed by atoms with Crippen molar-refractivity contribution in [1.29, 1.82) is 0 Å². The first-order valence-electron chi connectivity index (χ1n) is 8.47. The summed E-state index contributed by atoms with van der Waals surface area (Å²) in [6.07, 6.45) is -0.642. The molecule has 138 valence electrons. The number of rotatable bonds is 6. The van der Waals surface area contributed by atoms with E-state index in [-0.39, 0.29) is 6.04 Å². The second kappa shape index (κ2) is 8.37. The zero-order valence-electron chi connectivity index (χ0n) is 15.8. The van der Waals surface area contributed by atoms with E-state index in [1.165, 1.54) is 0 Å². The summed E-state index contributed by atoms with van der Waals surface area (Å²) in [7, 11) is 0. The zero-order valence-corrected chi connectivity index (χ0v) is 15.8. The zero-order chi connectivity index (χ0) is 18.5. The Bertz CT molecular complexity index is 496. The first-order chi connectivity index (χ1) is 11.1. The molecule has 0 aromatic rings. The number of alkyl carbamates (subject to hydrolysis) is 1. The van der Waals surface area contributed by atoms with Gasteiger partial charge in [0.15, 0.2) is 0 Å². The molecule has 1 aliphatic heterocycles. The smallest absolute Gasteiger partial charge is 0.408 e. The molecule has 1 aliphatic rings. The van der Waals surface area contributed by atoms with Crippen molar-refractivity contribution in [2.75, 3.05) is 13.2 Å². The van der Waals surface area contributed by atoms with Crippen LogP contribution in [0.5, 0.6) is 0 Å². The van der Waals surface area contributed by atoms with Crippen molar-refractivity contribution in [2.24, 2.45) is 0 Å². The molecule has 1 heterocycles. The highest BCUT2D eigenvalue weighted by Gasteiger charge is 2.39. The fourth-order valence-corrected chi connectivity index (χ4v) is 2.60. The number of esters is 1. The first-order valence-corrected chi connectivity index (χ1v) is 8.47.